The van der Waals surface area contributed by atoms with E-state index in [4.69, 9.17) is 0 Å². The van der Waals surface area contributed by atoms with E-state index in [1.807, 2.05) is 0 Å². The molecule has 0 aliphatic rings. The molecule has 0 N–H and O–H groups in total. The molecule has 0 unspecified atom stereocenters. The Morgan fingerprint density at radius 1 is 1.14 bits per heavy atom. The van der Waals surface area contributed by atoms with E-state index >= 15 is 0 Å². The molecule has 0 radical (unpaired) electrons. The first-order valence-corrected chi connectivity index (χ1v) is 3.21. The van der Waals surface area contributed by atoms with Gasteiger partial charge in [-0.1, -0.05) is 0 Å². The van der Waals surface area contributed by atoms with E-state index in [0.717, 1.165) is 0 Å². The van der Waals surface area contributed by atoms with Crippen molar-refractivity contribution < 1.29 is 16.8 Å². The summed E-state index contributed by atoms with van der Waals surface area (Å²) in [6.45, 7) is 2.26. The number of hydrogen-bond acceptors (Lipinski definition) is 0. The predicted octanol–water partition coefficient (Wildman–Crippen LogP) is 3.22. The average Bonchev–Trinajstić information content (AvgIpc) is 1.32. The second-order valence-electron chi connectivity index (χ2n) is 0.956. The van der Waals surface area contributed by atoms with Crippen LogP contribution in [0.15, 0.2) is 12.4 Å². The molecule has 0 spiro atoms. The van der Waals surface area contributed by atoms with Gasteiger partial charge in [-0.25, -0.2) is 0 Å². The molecule has 0 aliphatic heterocycles. The number of halogens is 4. The Morgan fingerprint density at radius 3 is 1.29 bits per heavy atom. The maximum absolute atomic E-state index is 10.8. The summed E-state index contributed by atoms with van der Waals surface area (Å²) in [5.74, 6) is -0.578. The van der Waals surface area contributed by atoms with Gasteiger partial charge >= 0.3 is 37.0 Å². The van der Waals surface area contributed by atoms with Gasteiger partial charge in [0.15, 0.2) is 0 Å². The Bertz CT molecular complexity index is 80.4. The Morgan fingerprint density at radius 2 is 1.29 bits per heavy atom. The first-order chi connectivity index (χ1) is 2.81. The van der Waals surface area contributed by atoms with Crippen LogP contribution in [-0.4, -0.2) is 0 Å². The van der Waals surface area contributed by atoms with Crippen LogP contribution in [0.1, 0.15) is 0 Å². The summed E-state index contributed by atoms with van der Waals surface area (Å²) in [4.78, 5) is 0. The Balaban J connectivity index is 4.10. The van der Waals surface area contributed by atoms with Gasteiger partial charge in [0.05, 0.1) is 0 Å². The van der Waals surface area contributed by atoms with Gasteiger partial charge in [-0.05, 0) is 0 Å². The monoisotopic (exact) mass is 134 g/mol. The summed E-state index contributed by atoms with van der Waals surface area (Å²) >= 11 is 0. The molecule has 0 bridgehead atoms. The molecule has 44 valence electrons. The van der Waals surface area contributed by atoms with Crippen molar-refractivity contribution >= 4 is 7.85 Å². The summed E-state index contributed by atoms with van der Waals surface area (Å²) < 4.78 is 43.3. The normalized spacial score (nSPS) is 17.4. The van der Waals surface area contributed by atoms with Gasteiger partial charge in [0.25, 0.3) is 0 Å². The standard InChI is InChI=1S/C2H3F4P/c1-2-7(3,4,5)6/h2H,1H2. The molecular weight excluding hydrogens is 131 g/mol. The average molecular weight is 134 g/mol. The van der Waals surface area contributed by atoms with E-state index in [0.29, 0.717) is 0 Å². The maximum atomic E-state index is 10.8. The van der Waals surface area contributed by atoms with Crippen molar-refractivity contribution in [2.24, 2.45) is 0 Å². The van der Waals surface area contributed by atoms with Gasteiger partial charge in [0.1, 0.15) is 0 Å². The Labute approximate surface area is 38.2 Å². The molecule has 0 aromatic carbocycles. The number of rotatable bonds is 1. The van der Waals surface area contributed by atoms with Gasteiger partial charge < -0.3 is 0 Å². The van der Waals surface area contributed by atoms with Crippen LogP contribution in [0, 0.1) is 0 Å². The van der Waals surface area contributed by atoms with Crippen molar-refractivity contribution in [3.8, 4) is 0 Å². The molecule has 0 atom stereocenters. The predicted molar refractivity (Wildman–Crippen MR) is 21.5 cm³/mol. The zero-order chi connectivity index (χ0) is 6.15. The zero-order valence-electron chi connectivity index (χ0n) is 3.24. The quantitative estimate of drug-likeness (QED) is 0.381. The van der Waals surface area contributed by atoms with Crippen molar-refractivity contribution in [3.05, 3.63) is 12.4 Å². The topological polar surface area (TPSA) is 0 Å². The van der Waals surface area contributed by atoms with E-state index in [1.54, 1.807) is 0 Å². The molecule has 0 saturated carbocycles. The molecule has 5 heteroatoms. The molecule has 0 fully saturated rings. The first kappa shape index (κ1) is 6.89. The van der Waals surface area contributed by atoms with Crippen LogP contribution < -0.4 is 0 Å². The molecule has 0 aromatic rings. The second-order valence-corrected chi connectivity index (χ2v) is 2.87. The molecule has 7 heavy (non-hydrogen) atoms. The third kappa shape index (κ3) is 5.89. The fourth-order valence-corrected chi connectivity index (χ4v) is 0. The molecule has 0 heterocycles. The van der Waals surface area contributed by atoms with Crippen molar-refractivity contribution in [2.45, 2.75) is 0 Å². The zero-order valence-corrected chi connectivity index (χ0v) is 4.14. The van der Waals surface area contributed by atoms with Crippen molar-refractivity contribution in [2.75, 3.05) is 0 Å². The van der Waals surface area contributed by atoms with Gasteiger partial charge in [0.2, 0.25) is 0 Å². The van der Waals surface area contributed by atoms with Crippen LogP contribution in [0.2, 0.25) is 0 Å². The van der Waals surface area contributed by atoms with Crippen LogP contribution in [0.3, 0.4) is 0 Å². The van der Waals surface area contributed by atoms with Crippen molar-refractivity contribution in [3.63, 3.8) is 0 Å². The van der Waals surface area contributed by atoms with Gasteiger partial charge in [-0.3, -0.25) is 0 Å². The number of hydrogen-bond donors (Lipinski definition) is 0. The summed E-state index contributed by atoms with van der Waals surface area (Å²) in [5, 5.41) is 0. The molecule has 0 amide bonds. The van der Waals surface area contributed by atoms with E-state index in [2.05, 4.69) is 6.58 Å². The third-order valence-electron chi connectivity index (χ3n) is 0.276. The van der Waals surface area contributed by atoms with E-state index < -0.39 is 13.7 Å². The van der Waals surface area contributed by atoms with E-state index in [-0.39, 0.29) is 0 Å². The second kappa shape index (κ2) is 1.19. The van der Waals surface area contributed by atoms with E-state index in [9.17, 15) is 16.8 Å². The fraction of sp³-hybridized carbons (Fsp3) is 0. The molecule has 0 rings (SSSR count). The molecule has 0 nitrogen and oxygen atoms in total. The molecule has 0 aromatic heterocycles. The van der Waals surface area contributed by atoms with Crippen LogP contribution in [-0.2, 0) is 0 Å². The Hall–Kier alpha value is -0.110. The minimum atomic E-state index is -7.31. The van der Waals surface area contributed by atoms with Crippen LogP contribution in [0.5, 0.6) is 0 Å². The third-order valence-corrected chi connectivity index (χ3v) is 0.828. The van der Waals surface area contributed by atoms with Gasteiger partial charge in [0, 0.05) is 0 Å². The molecule has 0 aliphatic carbocycles. The van der Waals surface area contributed by atoms with Crippen LogP contribution in [0.4, 0.5) is 16.8 Å². The Kier molecular flexibility index (Phi) is 1.17. The van der Waals surface area contributed by atoms with Crippen molar-refractivity contribution in [1.82, 2.24) is 0 Å². The summed E-state index contributed by atoms with van der Waals surface area (Å²) in [6.07, 6.45) is 0. The molecule has 0 saturated heterocycles. The minimum absolute atomic E-state index is 0.578. The van der Waals surface area contributed by atoms with Crippen molar-refractivity contribution in [1.29, 1.82) is 0 Å². The van der Waals surface area contributed by atoms with Gasteiger partial charge in [-0.2, -0.15) is 0 Å². The summed E-state index contributed by atoms with van der Waals surface area (Å²) in [6, 6.07) is 0. The van der Waals surface area contributed by atoms with Crippen LogP contribution >= 0.6 is 7.85 Å². The molecular formula is C2H3F4P. The van der Waals surface area contributed by atoms with E-state index in [1.165, 1.54) is 0 Å². The summed E-state index contributed by atoms with van der Waals surface area (Å²) in [5.41, 5.74) is 0. The van der Waals surface area contributed by atoms with Gasteiger partial charge in [-0.15, -0.1) is 0 Å². The first-order valence-electron chi connectivity index (χ1n) is 1.34. The SMILES string of the molecule is C=CP(F)(F)(F)F. The fourth-order valence-electron chi connectivity index (χ4n) is 0. The van der Waals surface area contributed by atoms with Crippen LogP contribution in [0.25, 0.3) is 0 Å². The summed E-state index contributed by atoms with van der Waals surface area (Å²) in [7, 11) is -7.31.